The lowest BCUT2D eigenvalue weighted by molar-refractivity contribution is -0.385. The average molecular weight is 279 g/mol. The molecule has 7 nitrogen and oxygen atoms in total. The predicted molar refractivity (Wildman–Crippen MR) is 73.9 cm³/mol. The highest BCUT2D eigenvalue weighted by Gasteiger charge is 2.21. The second kappa shape index (κ2) is 6.33. The van der Waals surface area contributed by atoms with Gasteiger partial charge in [-0.15, -0.1) is 0 Å². The number of nitrogens with one attached hydrogen (secondary N) is 2. The van der Waals surface area contributed by atoms with Gasteiger partial charge in [0.2, 0.25) is 5.91 Å². The van der Waals surface area contributed by atoms with Crippen molar-refractivity contribution in [1.29, 1.82) is 0 Å². The molecule has 2 N–H and O–H groups in total. The second-order valence-electron chi connectivity index (χ2n) is 4.77. The van der Waals surface area contributed by atoms with E-state index in [-0.39, 0.29) is 23.9 Å². The third-order valence-corrected chi connectivity index (χ3v) is 3.07. The molecule has 0 aromatic heterocycles. The Morgan fingerprint density at radius 1 is 1.50 bits per heavy atom. The van der Waals surface area contributed by atoms with Gasteiger partial charge in [0, 0.05) is 11.8 Å². The van der Waals surface area contributed by atoms with Crippen LogP contribution < -0.4 is 15.4 Å². The second-order valence-corrected chi connectivity index (χ2v) is 4.77. The van der Waals surface area contributed by atoms with Gasteiger partial charge in [-0.2, -0.15) is 0 Å². The standard InChI is InChI=1S/C13H17N3O4/c1-20-12-5-4-10(6-11(12)16(18)19)15-13(17)8-14-7-9-2-3-9/h4-6,9,14H,2-3,7-8H2,1H3,(H,15,17). The summed E-state index contributed by atoms with van der Waals surface area (Å²) in [5.74, 6) is 0.648. The maximum absolute atomic E-state index is 11.7. The van der Waals surface area contributed by atoms with Crippen LogP contribution >= 0.6 is 0 Å². The van der Waals surface area contributed by atoms with Crippen molar-refractivity contribution < 1.29 is 14.5 Å². The molecule has 0 aliphatic heterocycles. The Balaban J connectivity index is 1.92. The van der Waals surface area contributed by atoms with Crippen molar-refractivity contribution in [2.45, 2.75) is 12.8 Å². The molecule has 1 aromatic rings. The van der Waals surface area contributed by atoms with Gasteiger partial charge in [-0.1, -0.05) is 0 Å². The maximum Gasteiger partial charge on any atom is 0.312 e. The van der Waals surface area contributed by atoms with E-state index in [0.717, 1.165) is 6.54 Å². The average Bonchev–Trinajstić information content (AvgIpc) is 3.22. The van der Waals surface area contributed by atoms with Crippen molar-refractivity contribution in [1.82, 2.24) is 5.32 Å². The Labute approximate surface area is 116 Å². The first kappa shape index (κ1) is 14.3. The Bertz CT molecular complexity index is 514. The summed E-state index contributed by atoms with van der Waals surface area (Å²) in [5.41, 5.74) is 0.215. The van der Waals surface area contributed by atoms with Crippen molar-refractivity contribution in [2.24, 2.45) is 5.92 Å². The van der Waals surface area contributed by atoms with Crippen molar-refractivity contribution in [2.75, 3.05) is 25.5 Å². The summed E-state index contributed by atoms with van der Waals surface area (Å²) in [6.07, 6.45) is 2.44. The van der Waals surface area contributed by atoms with Gasteiger partial charge in [-0.25, -0.2) is 0 Å². The lowest BCUT2D eigenvalue weighted by Crippen LogP contribution is -2.29. The van der Waals surface area contributed by atoms with Crippen LogP contribution in [0.3, 0.4) is 0 Å². The Hall–Kier alpha value is -2.15. The van der Waals surface area contributed by atoms with Crippen LogP contribution in [-0.2, 0) is 4.79 Å². The number of hydrogen-bond donors (Lipinski definition) is 2. The predicted octanol–water partition coefficient (Wildman–Crippen LogP) is 1.54. The minimum Gasteiger partial charge on any atom is -0.490 e. The molecule has 0 spiro atoms. The van der Waals surface area contributed by atoms with Gasteiger partial charge >= 0.3 is 5.69 Å². The first-order valence-electron chi connectivity index (χ1n) is 6.43. The van der Waals surface area contributed by atoms with Crippen LogP contribution in [0.4, 0.5) is 11.4 Å². The molecule has 1 fully saturated rings. The number of carbonyl (C=O) groups excluding carboxylic acids is 1. The normalized spacial score (nSPS) is 13.8. The third kappa shape index (κ3) is 3.92. The molecule has 1 aliphatic carbocycles. The number of nitro groups is 1. The summed E-state index contributed by atoms with van der Waals surface area (Å²) in [4.78, 5) is 22.0. The molecule has 1 saturated carbocycles. The largest absolute Gasteiger partial charge is 0.490 e. The van der Waals surface area contributed by atoms with E-state index >= 15 is 0 Å². The number of nitro benzene ring substituents is 1. The van der Waals surface area contributed by atoms with Crippen molar-refractivity contribution in [3.63, 3.8) is 0 Å². The molecule has 2 rings (SSSR count). The molecule has 20 heavy (non-hydrogen) atoms. The zero-order chi connectivity index (χ0) is 14.5. The van der Waals surface area contributed by atoms with E-state index in [9.17, 15) is 14.9 Å². The zero-order valence-electron chi connectivity index (χ0n) is 11.2. The molecule has 108 valence electrons. The molecule has 0 heterocycles. The molecule has 0 radical (unpaired) electrons. The molecule has 0 bridgehead atoms. The molecule has 1 amide bonds. The van der Waals surface area contributed by atoms with E-state index in [4.69, 9.17) is 4.74 Å². The van der Waals surface area contributed by atoms with E-state index in [2.05, 4.69) is 10.6 Å². The number of hydrogen-bond acceptors (Lipinski definition) is 5. The summed E-state index contributed by atoms with van der Waals surface area (Å²) >= 11 is 0. The van der Waals surface area contributed by atoms with Crippen LogP contribution in [-0.4, -0.2) is 31.0 Å². The lowest BCUT2D eigenvalue weighted by atomic mass is 10.2. The molecule has 0 saturated heterocycles. The van der Waals surface area contributed by atoms with Gasteiger partial charge < -0.3 is 15.4 Å². The van der Waals surface area contributed by atoms with Crippen LogP contribution in [0.25, 0.3) is 0 Å². The fraction of sp³-hybridized carbons (Fsp3) is 0.462. The Morgan fingerprint density at radius 2 is 2.25 bits per heavy atom. The lowest BCUT2D eigenvalue weighted by Gasteiger charge is -2.07. The highest BCUT2D eigenvalue weighted by molar-refractivity contribution is 5.92. The minimum atomic E-state index is -0.542. The number of benzene rings is 1. The molecule has 7 heteroatoms. The van der Waals surface area contributed by atoms with Gasteiger partial charge in [0.25, 0.3) is 0 Å². The molecule has 1 aliphatic rings. The van der Waals surface area contributed by atoms with Gasteiger partial charge in [0.15, 0.2) is 5.75 Å². The number of ether oxygens (including phenoxy) is 1. The van der Waals surface area contributed by atoms with Crippen LogP contribution in [0.1, 0.15) is 12.8 Å². The summed E-state index contributed by atoms with van der Waals surface area (Å²) in [7, 11) is 1.36. The number of anilines is 1. The Morgan fingerprint density at radius 3 is 2.85 bits per heavy atom. The quantitative estimate of drug-likeness (QED) is 0.583. The van der Waals surface area contributed by atoms with E-state index in [1.807, 2.05) is 0 Å². The topological polar surface area (TPSA) is 93.5 Å². The monoisotopic (exact) mass is 279 g/mol. The first-order chi connectivity index (χ1) is 9.60. The van der Waals surface area contributed by atoms with E-state index in [1.54, 1.807) is 6.07 Å². The van der Waals surface area contributed by atoms with E-state index < -0.39 is 4.92 Å². The molecule has 0 unspecified atom stereocenters. The summed E-state index contributed by atoms with van der Waals surface area (Å²) < 4.78 is 4.90. The first-order valence-corrected chi connectivity index (χ1v) is 6.43. The number of carbonyl (C=O) groups is 1. The third-order valence-electron chi connectivity index (χ3n) is 3.07. The highest BCUT2D eigenvalue weighted by atomic mass is 16.6. The van der Waals surface area contributed by atoms with E-state index in [1.165, 1.54) is 32.1 Å². The fourth-order valence-electron chi connectivity index (χ4n) is 1.83. The summed E-state index contributed by atoms with van der Waals surface area (Å²) in [5, 5.41) is 16.6. The smallest absolute Gasteiger partial charge is 0.312 e. The van der Waals surface area contributed by atoms with Crippen LogP contribution in [0.2, 0.25) is 0 Å². The summed E-state index contributed by atoms with van der Waals surface area (Å²) in [6.45, 7) is 1.05. The van der Waals surface area contributed by atoms with Gasteiger partial charge in [0.05, 0.1) is 18.6 Å². The number of nitrogens with zero attached hydrogens (tertiary/aromatic N) is 1. The fourth-order valence-corrected chi connectivity index (χ4v) is 1.83. The van der Waals surface area contributed by atoms with Gasteiger partial charge in [0.1, 0.15) is 0 Å². The highest BCUT2D eigenvalue weighted by Crippen LogP contribution is 2.29. The van der Waals surface area contributed by atoms with Crippen molar-refractivity contribution in [3.8, 4) is 5.75 Å². The SMILES string of the molecule is COc1ccc(NC(=O)CNCC2CC2)cc1[N+](=O)[O-]. The van der Waals surface area contributed by atoms with Crippen LogP contribution in [0.15, 0.2) is 18.2 Å². The molecular formula is C13H17N3O4. The van der Waals surface area contributed by atoms with Gasteiger partial charge in [-0.05, 0) is 37.4 Å². The molecular weight excluding hydrogens is 262 g/mol. The van der Waals surface area contributed by atoms with Gasteiger partial charge in [-0.3, -0.25) is 14.9 Å². The Kier molecular flexibility index (Phi) is 4.52. The van der Waals surface area contributed by atoms with Crippen LogP contribution in [0.5, 0.6) is 5.75 Å². The van der Waals surface area contributed by atoms with Crippen molar-refractivity contribution in [3.05, 3.63) is 28.3 Å². The maximum atomic E-state index is 11.7. The zero-order valence-corrected chi connectivity index (χ0v) is 11.2. The summed E-state index contributed by atoms with van der Waals surface area (Å²) in [6, 6.07) is 4.33. The molecule has 1 aromatic carbocycles. The number of amides is 1. The van der Waals surface area contributed by atoms with Crippen molar-refractivity contribution >= 4 is 17.3 Å². The minimum absolute atomic E-state index is 0.167. The molecule has 0 atom stereocenters. The van der Waals surface area contributed by atoms with E-state index in [0.29, 0.717) is 11.6 Å². The van der Waals surface area contributed by atoms with Crippen LogP contribution in [0, 0.1) is 16.0 Å². The number of methoxy groups -OCH3 is 1. The number of rotatable bonds is 7.